The zero-order valence-corrected chi connectivity index (χ0v) is 20.2. The summed E-state index contributed by atoms with van der Waals surface area (Å²) >= 11 is 7.56. The minimum atomic E-state index is -3.27. The molecule has 0 radical (unpaired) electrons. The predicted octanol–water partition coefficient (Wildman–Crippen LogP) is 5.22. The Hall–Kier alpha value is -1.48. The molecule has 1 amide bonds. The molecule has 5 nitrogen and oxygen atoms in total. The fraction of sp³-hybridized carbons (Fsp3) is 0.500. The molecule has 0 N–H and O–H groups in total. The Kier molecular flexibility index (Phi) is 8.13. The Morgan fingerprint density at radius 1 is 1.29 bits per heavy atom. The Balaban J connectivity index is 1.77. The lowest BCUT2D eigenvalue weighted by Gasteiger charge is -2.34. The van der Waals surface area contributed by atoms with Gasteiger partial charge >= 0.3 is 0 Å². The summed E-state index contributed by atoms with van der Waals surface area (Å²) in [4.78, 5) is 16.2. The van der Waals surface area contributed by atoms with Gasteiger partial charge in [0.25, 0.3) is 0 Å². The van der Waals surface area contributed by atoms with E-state index in [4.69, 9.17) is 11.6 Å². The van der Waals surface area contributed by atoms with Crippen LogP contribution in [0.15, 0.2) is 29.6 Å². The summed E-state index contributed by atoms with van der Waals surface area (Å²) in [6, 6.07) is 6.30. The molecule has 1 aromatic heterocycles. The molecule has 1 aliphatic rings. The number of hydrogen-bond acceptors (Lipinski definition) is 4. The number of nitrogens with zero attached hydrogens (tertiary/aromatic N) is 2. The number of carbonyl (C=O) groups is 1. The van der Waals surface area contributed by atoms with Crippen molar-refractivity contribution in [3.63, 3.8) is 0 Å². The van der Waals surface area contributed by atoms with Gasteiger partial charge in [0.15, 0.2) is 0 Å². The highest BCUT2D eigenvalue weighted by Crippen LogP contribution is 2.30. The smallest absolute Gasteiger partial charge is 0.230 e. The predicted molar refractivity (Wildman–Crippen MR) is 125 cm³/mol. The Morgan fingerprint density at radius 2 is 2.00 bits per heavy atom. The first-order valence-corrected chi connectivity index (χ1v) is 13.4. The standard InChI is InChI=1S/C22H28ClFN2O3S2/c1-3-4-13-31(28,29)25-10-7-17(8-11-25)22(27)26(15-21-16(2)9-12-30-21)18-5-6-20(24)19(23)14-18/h5-6,9,12,14,17H,3-4,7-8,10-11,13,15H2,1-2H3. The number of hydrogen-bond donors (Lipinski definition) is 0. The average Bonchev–Trinajstić information content (AvgIpc) is 3.16. The van der Waals surface area contributed by atoms with E-state index >= 15 is 0 Å². The highest BCUT2D eigenvalue weighted by atomic mass is 35.5. The maximum atomic E-state index is 13.7. The van der Waals surface area contributed by atoms with Gasteiger partial charge in [-0.2, -0.15) is 0 Å². The first-order chi connectivity index (χ1) is 14.7. The van der Waals surface area contributed by atoms with Crippen LogP contribution in [-0.4, -0.2) is 37.5 Å². The van der Waals surface area contributed by atoms with Crippen LogP contribution in [0.1, 0.15) is 43.0 Å². The van der Waals surface area contributed by atoms with Crippen molar-refractivity contribution in [2.75, 3.05) is 23.7 Å². The van der Waals surface area contributed by atoms with Crippen molar-refractivity contribution in [2.24, 2.45) is 5.92 Å². The summed E-state index contributed by atoms with van der Waals surface area (Å²) in [6.45, 7) is 5.02. The second-order valence-electron chi connectivity index (χ2n) is 7.89. The van der Waals surface area contributed by atoms with Crippen molar-refractivity contribution in [3.8, 4) is 0 Å². The summed E-state index contributed by atoms with van der Waals surface area (Å²) in [6.07, 6.45) is 2.41. The number of amides is 1. The van der Waals surface area contributed by atoms with E-state index in [-0.39, 0.29) is 22.6 Å². The minimum Gasteiger partial charge on any atom is -0.307 e. The number of aryl methyl sites for hydroxylation is 1. The van der Waals surface area contributed by atoms with Gasteiger partial charge in [-0.05, 0) is 61.4 Å². The summed E-state index contributed by atoms with van der Waals surface area (Å²) in [5.41, 5.74) is 1.63. The van der Waals surface area contributed by atoms with Crippen LogP contribution < -0.4 is 4.90 Å². The molecule has 0 aliphatic carbocycles. The second-order valence-corrected chi connectivity index (χ2v) is 11.4. The molecule has 170 valence electrons. The number of carbonyl (C=O) groups excluding carboxylic acids is 1. The molecule has 9 heteroatoms. The summed E-state index contributed by atoms with van der Waals surface area (Å²) in [5.74, 6) is -0.751. The van der Waals surface area contributed by atoms with Gasteiger partial charge in [-0.15, -0.1) is 11.3 Å². The number of halogens is 2. The summed E-state index contributed by atoms with van der Waals surface area (Å²) < 4.78 is 40.2. The van der Waals surface area contributed by atoms with Crippen molar-refractivity contribution >= 4 is 44.6 Å². The van der Waals surface area contributed by atoms with Crippen LogP contribution in [0.5, 0.6) is 0 Å². The average molecular weight is 487 g/mol. The molecule has 1 fully saturated rings. The molecule has 0 saturated carbocycles. The van der Waals surface area contributed by atoms with Gasteiger partial charge in [0.1, 0.15) is 5.82 Å². The number of rotatable bonds is 8. The maximum Gasteiger partial charge on any atom is 0.230 e. The van der Waals surface area contributed by atoms with E-state index in [2.05, 4.69) is 0 Å². The zero-order valence-electron chi connectivity index (χ0n) is 17.8. The highest BCUT2D eigenvalue weighted by molar-refractivity contribution is 7.89. The van der Waals surface area contributed by atoms with Crippen LogP contribution in [0.25, 0.3) is 0 Å². The minimum absolute atomic E-state index is 0.0324. The first-order valence-electron chi connectivity index (χ1n) is 10.5. The Bertz CT molecular complexity index is 1020. The van der Waals surface area contributed by atoms with E-state index in [1.54, 1.807) is 22.3 Å². The first kappa shape index (κ1) is 24.2. The molecule has 0 unspecified atom stereocenters. The summed E-state index contributed by atoms with van der Waals surface area (Å²) in [5, 5.41) is 1.94. The van der Waals surface area contributed by atoms with Gasteiger partial charge in [-0.25, -0.2) is 17.1 Å². The largest absolute Gasteiger partial charge is 0.307 e. The van der Waals surface area contributed by atoms with Crippen LogP contribution in [0.2, 0.25) is 5.02 Å². The molecule has 31 heavy (non-hydrogen) atoms. The van der Waals surface area contributed by atoms with Crippen LogP contribution in [0, 0.1) is 18.7 Å². The molecular formula is C22H28ClFN2O3S2. The molecule has 0 atom stereocenters. The SMILES string of the molecule is CCCCS(=O)(=O)N1CCC(C(=O)N(Cc2sccc2C)c2ccc(F)c(Cl)c2)CC1. The van der Waals surface area contributed by atoms with E-state index in [1.807, 2.05) is 25.3 Å². The number of benzene rings is 1. The zero-order chi connectivity index (χ0) is 22.6. The van der Waals surface area contributed by atoms with Crippen molar-refractivity contribution in [2.45, 2.75) is 46.1 Å². The molecule has 1 aromatic carbocycles. The summed E-state index contributed by atoms with van der Waals surface area (Å²) in [7, 11) is -3.27. The topological polar surface area (TPSA) is 57.7 Å². The number of thiophene rings is 1. The van der Waals surface area contributed by atoms with E-state index in [1.165, 1.54) is 16.4 Å². The third-order valence-corrected chi connectivity index (χ3v) is 8.96. The lowest BCUT2D eigenvalue weighted by molar-refractivity contribution is -0.123. The van der Waals surface area contributed by atoms with E-state index in [0.29, 0.717) is 44.6 Å². The van der Waals surface area contributed by atoms with E-state index < -0.39 is 15.8 Å². The maximum absolute atomic E-state index is 13.7. The fourth-order valence-corrected chi connectivity index (χ4v) is 6.46. The van der Waals surface area contributed by atoms with Gasteiger partial charge in [0.2, 0.25) is 15.9 Å². The molecule has 0 bridgehead atoms. The monoisotopic (exact) mass is 486 g/mol. The van der Waals surface area contributed by atoms with Crippen molar-refractivity contribution in [1.29, 1.82) is 0 Å². The fourth-order valence-electron chi connectivity index (χ4n) is 3.72. The lowest BCUT2D eigenvalue weighted by Crippen LogP contribution is -2.45. The molecule has 1 saturated heterocycles. The van der Waals surface area contributed by atoms with Crippen LogP contribution in [0.3, 0.4) is 0 Å². The molecule has 0 spiro atoms. The molecule has 3 rings (SSSR count). The number of unbranched alkanes of at least 4 members (excludes halogenated alkanes) is 1. The molecule has 1 aliphatic heterocycles. The number of piperidine rings is 1. The van der Waals surface area contributed by atoms with Crippen LogP contribution in [-0.2, 0) is 21.4 Å². The molecule has 2 heterocycles. The van der Waals surface area contributed by atoms with Gasteiger partial charge < -0.3 is 4.90 Å². The van der Waals surface area contributed by atoms with Gasteiger partial charge in [-0.1, -0.05) is 24.9 Å². The third kappa shape index (κ3) is 5.86. The molecular weight excluding hydrogens is 459 g/mol. The molecule has 2 aromatic rings. The van der Waals surface area contributed by atoms with Crippen molar-refractivity contribution in [1.82, 2.24) is 4.31 Å². The van der Waals surface area contributed by atoms with Gasteiger partial charge in [0, 0.05) is 29.6 Å². The number of sulfonamides is 1. The van der Waals surface area contributed by atoms with Crippen molar-refractivity contribution in [3.05, 3.63) is 50.9 Å². The highest BCUT2D eigenvalue weighted by Gasteiger charge is 2.33. The third-order valence-electron chi connectivity index (χ3n) is 5.70. The normalized spacial score (nSPS) is 15.9. The van der Waals surface area contributed by atoms with E-state index in [9.17, 15) is 17.6 Å². The Labute approximate surface area is 192 Å². The van der Waals surface area contributed by atoms with E-state index in [0.717, 1.165) is 16.9 Å². The lowest BCUT2D eigenvalue weighted by atomic mass is 9.96. The van der Waals surface area contributed by atoms with Crippen LogP contribution in [0.4, 0.5) is 10.1 Å². The Morgan fingerprint density at radius 3 is 2.58 bits per heavy atom. The van der Waals surface area contributed by atoms with Crippen molar-refractivity contribution < 1.29 is 17.6 Å². The second kappa shape index (κ2) is 10.4. The van der Waals surface area contributed by atoms with Gasteiger partial charge in [0.05, 0.1) is 17.3 Å². The quantitative estimate of drug-likeness (QED) is 0.513. The number of anilines is 1. The van der Waals surface area contributed by atoms with Crippen LogP contribution >= 0.6 is 22.9 Å². The van der Waals surface area contributed by atoms with Gasteiger partial charge in [-0.3, -0.25) is 4.79 Å².